The van der Waals surface area contributed by atoms with Gasteiger partial charge in [0.15, 0.2) is 5.69 Å². The highest BCUT2D eigenvalue weighted by atomic mass is 35.5. The van der Waals surface area contributed by atoms with Crippen molar-refractivity contribution in [2.45, 2.75) is 19.2 Å². The van der Waals surface area contributed by atoms with Crippen LogP contribution in [0.5, 0.6) is 0 Å². The molecular weight excluding hydrogens is 228 g/mol. The number of aromatic nitrogens is 1. The van der Waals surface area contributed by atoms with E-state index in [1.54, 1.807) is 6.92 Å². The van der Waals surface area contributed by atoms with Crippen LogP contribution in [0, 0.1) is 6.92 Å². The molecule has 3 nitrogen and oxygen atoms in total. The maximum atomic E-state index is 12.5. The van der Waals surface area contributed by atoms with Gasteiger partial charge < -0.3 is 5.11 Å². The van der Waals surface area contributed by atoms with Crippen molar-refractivity contribution in [3.63, 3.8) is 0 Å². The predicted octanol–water partition coefficient (Wildman–Crippen LogP) is 2.76. The SMILES string of the molecule is Cc1cc(C(F)F)c(C(=O)O)nc1CCl. The first kappa shape index (κ1) is 11.8. The average molecular weight is 236 g/mol. The van der Waals surface area contributed by atoms with Crippen LogP contribution < -0.4 is 0 Å². The minimum absolute atomic E-state index is 0.00433. The lowest BCUT2D eigenvalue weighted by atomic mass is 10.1. The van der Waals surface area contributed by atoms with Crippen LogP contribution >= 0.6 is 11.6 Å². The van der Waals surface area contributed by atoms with Crippen LogP contribution in [0.3, 0.4) is 0 Å². The molecule has 1 rings (SSSR count). The van der Waals surface area contributed by atoms with Gasteiger partial charge in [0.05, 0.1) is 17.1 Å². The van der Waals surface area contributed by atoms with Gasteiger partial charge in [-0.25, -0.2) is 18.6 Å². The number of carboxylic acids is 1. The van der Waals surface area contributed by atoms with E-state index >= 15 is 0 Å². The molecular formula is C9H8ClF2NO2. The smallest absolute Gasteiger partial charge is 0.355 e. The molecule has 0 fully saturated rings. The molecule has 82 valence electrons. The number of halogens is 3. The van der Waals surface area contributed by atoms with Crippen molar-refractivity contribution in [2.75, 3.05) is 0 Å². The van der Waals surface area contributed by atoms with Crippen LogP contribution in [0.1, 0.15) is 33.7 Å². The molecule has 1 N–H and O–H groups in total. The van der Waals surface area contributed by atoms with Crippen LogP contribution in [0.2, 0.25) is 0 Å². The Hall–Kier alpha value is -1.23. The number of carbonyl (C=O) groups is 1. The Labute approximate surface area is 89.7 Å². The summed E-state index contributed by atoms with van der Waals surface area (Å²) in [6.07, 6.45) is -2.85. The lowest BCUT2D eigenvalue weighted by Gasteiger charge is -2.08. The van der Waals surface area contributed by atoms with Crippen LogP contribution in [0.25, 0.3) is 0 Å². The molecule has 1 aromatic heterocycles. The van der Waals surface area contributed by atoms with Gasteiger partial charge in [-0.2, -0.15) is 0 Å². The Bertz CT molecular complexity index is 396. The number of pyridine rings is 1. The van der Waals surface area contributed by atoms with Crippen molar-refractivity contribution in [1.29, 1.82) is 0 Å². The summed E-state index contributed by atoms with van der Waals surface area (Å²) in [7, 11) is 0. The fraction of sp³-hybridized carbons (Fsp3) is 0.333. The monoisotopic (exact) mass is 235 g/mol. The maximum absolute atomic E-state index is 12.5. The van der Waals surface area contributed by atoms with Gasteiger partial charge in [0.2, 0.25) is 0 Å². The second kappa shape index (κ2) is 4.53. The van der Waals surface area contributed by atoms with Crippen LogP contribution in [0.4, 0.5) is 8.78 Å². The van der Waals surface area contributed by atoms with Crippen molar-refractivity contribution in [1.82, 2.24) is 4.98 Å². The molecule has 0 bridgehead atoms. The lowest BCUT2D eigenvalue weighted by Crippen LogP contribution is -2.09. The number of aromatic carboxylic acids is 1. The van der Waals surface area contributed by atoms with Gasteiger partial charge in [0, 0.05) is 0 Å². The van der Waals surface area contributed by atoms with E-state index in [2.05, 4.69) is 4.98 Å². The van der Waals surface area contributed by atoms with E-state index in [4.69, 9.17) is 16.7 Å². The Morgan fingerprint density at radius 1 is 1.67 bits per heavy atom. The minimum Gasteiger partial charge on any atom is -0.476 e. The number of carboxylic acid groups (broad SMARTS) is 1. The summed E-state index contributed by atoms with van der Waals surface area (Å²) < 4.78 is 24.9. The van der Waals surface area contributed by atoms with Crippen molar-refractivity contribution in [3.8, 4) is 0 Å². The summed E-state index contributed by atoms with van der Waals surface area (Å²) >= 11 is 5.50. The summed E-state index contributed by atoms with van der Waals surface area (Å²) in [6, 6.07) is 1.11. The molecule has 0 aromatic carbocycles. The number of hydrogen-bond acceptors (Lipinski definition) is 2. The van der Waals surface area contributed by atoms with E-state index in [0.717, 1.165) is 6.07 Å². The molecule has 1 aromatic rings. The molecule has 0 amide bonds. The normalized spacial score (nSPS) is 10.7. The van der Waals surface area contributed by atoms with E-state index < -0.39 is 23.7 Å². The highest BCUT2D eigenvalue weighted by Gasteiger charge is 2.21. The van der Waals surface area contributed by atoms with Crippen molar-refractivity contribution < 1.29 is 18.7 Å². The van der Waals surface area contributed by atoms with Crippen molar-refractivity contribution in [3.05, 3.63) is 28.6 Å². The molecule has 15 heavy (non-hydrogen) atoms. The quantitative estimate of drug-likeness (QED) is 0.820. The fourth-order valence-corrected chi connectivity index (χ4v) is 1.42. The van der Waals surface area contributed by atoms with Crippen LogP contribution in [-0.4, -0.2) is 16.1 Å². The van der Waals surface area contributed by atoms with Gasteiger partial charge in [-0.3, -0.25) is 0 Å². The fourth-order valence-electron chi connectivity index (χ4n) is 1.15. The molecule has 0 aliphatic heterocycles. The summed E-state index contributed by atoms with van der Waals surface area (Å²) in [4.78, 5) is 14.3. The van der Waals surface area contributed by atoms with Crippen molar-refractivity contribution >= 4 is 17.6 Å². The molecule has 0 aliphatic carbocycles. The van der Waals surface area contributed by atoms with Gasteiger partial charge in [-0.05, 0) is 18.6 Å². The zero-order valence-electron chi connectivity index (χ0n) is 7.80. The number of nitrogens with zero attached hydrogens (tertiary/aromatic N) is 1. The van der Waals surface area contributed by atoms with E-state index in [1.165, 1.54) is 0 Å². The Morgan fingerprint density at radius 2 is 2.27 bits per heavy atom. The van der Waals surface area contributed by atoms with Gasteiger partial charge in [0.1, 0.15) is 0 Å². The van der Waals surface area contributed by atoms with Gasteiger partial charge in [-0.1, -0.05) is 0 Å². The number of rotatable bonds is 3. The largest absolute Gasteiger partial charge is 0.476 e. The third-order valence-corrected chi connectivity index (χ3v) is 2.16. The highest BCUT2D eigenvalue weighted by molar-refractivity contribution is 6.17. The van der Waals surface area contributed by atoms with Crippen molar-refractivity contribution in [2.24, 2.45) is 0 Å². The van der Waals surface area contributed by atoms with Crippen LogP contribution in [-0.2, 0) is 5.88 Å². The average Bonchev–Trinajstić information content (AvgIpc) is 2.16. The first-order chi connectivity index (χ1) is 6.97. The number of hydrogen-bond donors (Lipinski definition) is 1. The van der Waals surface area contributed by atoms with Gasteiger partial charge in [0.25, 0.3) is 6.43 Å². The summed E-state index contributed by atoms with van der Waals surface area (Å²) in [6.45, 7) is 1.56. The van der Waals surface area contributed by atoms with E-state index in [0.29, 0.717) is 11.3 Å². The molecule has 6 heteroatoms. The highest BCUT2D eigenvalue weighted by Crippen LogP contribution is 2.24. The van der Waals surface area contributed by atoms with E-state index in [-0.39, 0.29) is 5.88 Å². The predicted molar refractivity (Wildman–Crippen MR) is 50.4 cm³/mol. The minimum atomic E-state index is -2.85. The third kappa shape index (κ3) is 2.41. The zero-order chi connectivity index (χ0) is 11.6. The second-order valence-electron chi connectivity index (χ2n) is 2.93. The van der Waals surface area contributed by atoms with E-state index in [1.807, 2.05) is 0 Å². The summed E-state index contributed by atoms with van der Waals surface area (Å²) in [5.41, 5.74) is -0.441. The molecule has 0 unspecified atom stereocenters. The van der Waals surface area contributed by atoms with Gasteiger partial charge >= 0.3 is 5.97 Å². The number of aryl methyl sites for hydroxylation is 1. The zero-order valence-corrected chi connectivity index (χ0v) is 8.55. The lowest BCUT2D eigenvalue weighted by molar-refractivity contribution is 0.0676. The molecule has 1 heterocycles. The molecule has 0 saturated heterocycles. The molecule has 0 spiro atoms. The topological polar surface area (TPSA) is 50.2 Å². The summed E-state index contributed by atoms with van der Waals surface area (Å²) in [5, 5.41) is 8.69. The molecule has 0 aliphatic rings. The first-order valence-electron chi connectivity index (χ1n) is 4.05. The molecule has 0 saturated carbocycles. The van der Waals surface area contributed by atoms with Gasteiger partial charge in [-0.15, -0.1) is 11.6 Å². The molecule has 0 atom stereocenters. The second-order valence-corrected chi connectivity index (χ2v) is 3.20. The summed E-state index contributed by atoms with van der Waals surface area (Å²) in [5.74, 6) is -1.48. The first-order valence-corrected chi connectivity index (χ1v) is 4.58. The Kier molecular flexibility index (Phi) is 3.57. The standard InChI is InChI=1S/C9H8ClF2NO2/c1-4-2-5(8(11)12)7(9(14)15)13-6(4)3-10/h2,8H,3H2,1H3,(H,14,15). The Morgan fingerprint density at radius 3 is 2.67 bits per heavy atom. The Balaban J connectivity index is 3.39. The third-order valence-electron chi connectivity index (χ3n) is 1.91. The maximum Gasteiger partial charge on any atom is 0.355 e. The molecule has 0 radical (unpaired) electrons. The van der Waals surface area contributed by atoms with Crippen LogP contribution in [0.15, 0.2) is 6.07 Å². The number of alkyl halides is 3. The van der Waals surface area contributed by atoms with E-state index in [9.17, 15) is 13.6 Å².